The molecule has 1 fully saturated rings. The van der Waals surface area contributed by atoms with E-state index in [1.165, 1.54) is 12.1 Å². The van der Waals surface area contributed by atoms with E-state index in [9.17, 15) is 18.3 Å². The fourth-order valence-corrected chi connectivity index (χ4v) is 4.12. The predicted octanol–water partition coefficient (Wildman–Crippen LogP) is 4.24. The van der Waals surface area contributed by atoms with Crippen LogP contribution in [0.5, 0.6) is 5.75 Å². The number of anilines is 1. The van der Waals surface area contributed by atoms with E-state index in [4.69, 9.17) is 4.74 Å². The van der Waals surface area contributed by atoms with Gasteiger partial charge in [0.15, 0.2) is 23.5 Å². The van der Waals surface area contributed by atoms with Gasteiger partial charge in [-0.05, 0) is 68.9 Å². The molecule has 0 radical (unpaired) electrons. The number of nitrogens with zero attached hydrogens (tertiary/aromatic N) is 4. The van der Waals surface area contributed by atoms with E-state index in [0.717, 1.165) is 24.2 Å². The van der Waals surface area contributed by atoms with E-state index in [0.29, 0.717) is 23.8 Å². The molecule has 2 atom stereocenters. The number of rotatable bonds is 7. The van der Waals surface area contributed by atoms with Crippen LogP contribution in [-0.2, 0) is 19.8 Å². The molecule has 0 saturated carbocycles. The summed E-state index contributed by atoms with van der Waals surface area (Å²) in [5, 5.41) is 21.5. The molecule has 2 unspecified atom stereocenters. The Morgan fingerprint density at radius 1 is 1.14 bits per heavy atom. The summed E-state index contributed by atoms with van der Waals surface area (Å²) in [5.41, 5.74) is -1.25. The zero-order valence-corrected chi connectivity index (χ0v) is 19.4. The van der Waals surface area contributed by atoms with Gasteiger partial charge in [0, 0.05) is 24.8 Å². The number of aliphatic hydroxyl groups is 1. The van der Waals surface area contributed by atoms with Crippen molar-refractivity contribution in [3.63, 3.8) is 0 Å². The molecule has 1 saturated heterocycles. The molecule has 2 aromatic carbocycles. The van der Waals surface area contributed by atoms with E-state index in [-0.39, 0.29) is 25.3 Å². The van der Waals surface area contributed by atoms with Gasteiger partial charge < -0.3 is 24.6 Å². The number of hydrogen-bond donors (Lipinski definition) is 2. The molecule has 1 aromatic heterocycles. The summed E-state index contributed by atoms with van der Waals surface area (Å²) in [6.45, 7) is 0.894. The smallest absolute Gasteiger partial charge is 0.416 e. The summed E-state index contributed by atoms with van der Waals surface area (Å²) in [6, 6.07) is 11.6. The number of aliphatic hydroxyl groups excluding tert-OH is 1. The summed E-state index contributed by atoms with van der Waals surface area (Å²) in [6.07, 6.45) is -4.83. The van der Waals surface area contributed by atoms with Crippen LogP contribution in [0.2, 0.25) is 0 Å². The molecular formula is C24H27F4N5O2. The molecule has 11 heteroatoms. The van der Waals surface area contributed by atoms with Gasteiger partial charge in [0.2, 0.25) is 0 Å². The Kier molecular flexibility index (Phi) is 7.00. The second-order valence-electron chi connectivity index (χ2n) is 8.81. The average Bonchev–Trinajstić information content (AvgIpc) is 3.18. The molecule has 3 aromatic rings. The lowest BCUT2D eigenvalue weighted by atomic mass is 9.93. The molecule has 35 heavy (non-hydrogen) atoms. The fraction of sp³-hybridized carbons (Fsp3) is 0.417. The van der Waals surface area contributed by atoms with Gasteiger partial charge in [-0.2, -0.15) is 13.2 Å². The maximum atomic E-state index is 15.1. The minimum absolute atomic E-state index is 0.0658. The molecule has 7 nitrogen and oxygen atoms in total. The molecule has 0 aliphatic carbocycles. The van der Waals surface area contributed by atoms with E-state index in [1.54, 1.807) is 35.9 Å². The van der Waals surface area contributed by atoms with Crippen LogP contribution in [0.3, 0.4) is 0 Å². The van der Waals surface area contributed by atoms with Crippen molar-refractivity contribution in [3.8, 4) is 17.1 Å². The zero-order chi connectivity index (χ0) is 25.2. The first kappa shape index (κ1) is 24.9. The summed E-state index contributed by atoms with van der Waals surface area (Å²) < 4.78 is 61.0. The lowest BCUT2D eigenvalue weighted by Gasteiger charge is -2.38. The molecular weight excluding hydrogens is 466 g/mol. The third kappa shape index (κ3) is 5.73. The summed E-state index contributed by atoms with van der Waals surface area (Å²) in [5.74, 6) is 1.03. The fourth-order valence-electron chi connectivity index (χ4n) is 4.12. The Morgan fingerprint density at radius 3 is 2.57 bits per heavy atom. The second-order valence-corrected chi connectivity index (χ2v) is 8.81. The minimum Gasteiger partial charge on any atom is -0.486 e. The molecule has 0 spiro atoms. The van der Waals surface area contributed by atoms with Crippen molar-refractivity contribution in [2.75, 3.05) is 25.5 Å². The Labute approximate surface area is 200 Å². The number of likely N-dealkylation sites (tertiary alicyclic amines) is 1. The highest BCUT2D eigenvalue weighted by atomic mass is 19.4. The van der Waals surface area contributed by atoms with Gasteiger partial charge in [-0.15, -0.1) is 10.2 Å². The van der Waals surface area contributed by atoms with Gasteiger partial charge in [-0.1, -0.05) is 6.07 Å². The topological polar surface area (TPSA) is 75.4 Å². The Hall–Kier alpha value is -3.18. The normalized spacial score (nSPS) is 20.0. The second kappa shape index (κ2) is 9.82. The van der Waals surface area contributed by atoms with Crippen molar-refractivity contribution < 1.29 is 27.4 Å². The Morgan fingerprint density at radius 2 is 1.89 bits per heavy atom. The van der Waals surface area contributed by atoms with Crippen molar-refractivity contribution >= 4 is 5.69 Å². The van der Waals surface area contributed by atoms with Gasteiger partial charge in [0.25, 0.3) is 0 Å². The van der Waals surface area contributed by atoms with Gasteiger partial charge in [0.05, 0.1) is 5.56 Å². The van der Waals surface area contributed by atoms with Crippen molar-refractivity contribution in [3.05, 3.63) is 59.9 Å². The van der Waals surface area contributed by atoms with E-state index < -0.39 is 23.6 Å². The third-order valence-corrected chi connectivity index (χ3v) is 6.10. The maximum Gasteiger partial charge on any atom is 0.416 e. The highest BCUT2D eigenvalue weighted by molar-refractivity contribution is 5.60. The van der Waals surface area contributed by atoms with Crippen LogP contribution < -0.4 is 10.1 Å². The first-order valence-electron chi connectivity index (χ1n) is 11.2. The van der Waals surface area contributed by atoms with Crippen molar-refractivity contribution in [2.24, 2.45) is 7.05 Å². The van der Waals surface area contributed by atoms with Crippen molar-refractivity contribution in [2.45, 2.75) is 37.5 Å². The number of aromatic nitrogens is 3. The van der Waals surface area contributed by atoms with Crippen LogP contribution in [0.1, 0.15) is 24.2 Å². The molecule has 0 amide bonds. The molecule has 2 heterocycles. The van der Waals surface area contributed by atoms with Crippen LogP contribution in [0.15, 0.2) is 48.5 Å². The van der Waals surface area contributed by atoms with Gasteiger partial charge >= 0.3 is 6.18 Å². The molecule has 1 aliphatic heterocycles. The molecule has 1 aliphatic rings. The number of piperidine rings is 1. The van der Waals surface area contributed by atoms with E-state index in [1.807, 2.05) is 11.9 Å². The highest BCUT2D eigenvalue weighted by Crippen LogP contribution is 2.32. The number of alkyl halides is 4. The maximum absolute atomic E-state index is 15.1. The van der Waals surface area contributed by atoms with Crippen LogP contribution >= 0.6 is 0 Å². The monoisotopic (exact) mass is 493 g/mol. The Balaban J connectivity index is 1.40. The molecule has 188 valence electrons. The van der Waals surface area contributed by atoms with Crippen LogP contribution in [-0.4, -0.2) is 56.8 Å². The standard InChI is InChI=1S/C24H27F4N5O2/c1-32-12-4-11-23(25,15-32)22(34)29-18-9-7-16(8-10-18)21-31-30-20(33(21)2)14-35-19-6-3-5-17(13-19)24(26,27)28/h3,5-10,13,22,29,34H,4,11-12,14-15H2,1-2H3. The summed E-state index contributed by atoms with van der Waals surface area (Å²) in [4.78, 5) is 1.86. The van der Waals surface area contributed by atoms with Gasteiger partial charge in [-0.25, -0.2) is 4.39 Å². The third-order valence-electron chi connectivity index (χ3n) is 6.10. The summed E-state index contributed by atoms with van der Waals surface area (Å²) >= 11 is 0. The Bertz CT molecular complexity index is 1150. The van der Waals surface area contributed by atoms with Crippen molar-refractivity contribution in [1.82, 2.24) is 19.7 Å². The highest BCUT2D eigenvalue weighted by Gasteiger charge is 2.41. The van der Waals surface area contributed by atoms with Gasteiger partial charge in [-0.3, -0.25) is 0 Å². The average molecular weight is 494 g/mol. The molecule has 4 rings (SSSR count). The van der Waals surface area contributed by atoms with Gasteiger partial charge in [0.1, 0.15) is 12.4 Å². The van der Waals surface area contributed by atoms with Crippen molar-refractivity contribution in [1.29, 1.82) is 0 Å². The van der Waals surface area contributed by atoms with Crippen LogP contribution in [0.25, 0.3) is 11.4 Å². The number of ether oxygens (including phenoxy) is 1. The number of halogens is 4. The lowest BCUT2D eigenvalue weighted by molar-refractivity contribution is -0.137. The lowest BCUT2D eigenvalue weighted by Crippen LogP contribution is -2.53. The number of hydrogen-bond acceptors (Lipinski definition) is 6. The quantitative estimate of drug-likeness (QED) is 0.379. The predicted molar refractivity (Wildman–Crippen MR) is 122 cm³/mol. The van der Waals surface area contributed by atoms with E-state index in [2.05, 4.69) is 15.5 Å². The first-order chi connectivity index (χ1) is 16.5. The summed E-state index contributed by atoms with van der Waals surface area (Å²) in [7, 11) is 3.55. The zero-order valence-electron chi connectivity index (χ0n) is 19.4. The largest absolute Gasteiger partial charge is 0.486 e. The first-order valence-corrected chi connectivity index (χ1v) is 11.2. The number of nitrogens with one attached hydrogen (secondary N) is 1. The van der Waals surface area contributed by atoms with E-state index >= 15 is 4.39 Å². The van der Waals surface area contributed by atoms with Crippen LogP contribution in [0, 0.1) is 0 Å². The SMILES string of the molecule is CN1CCCC(F)(C(O)Nc2ccc(-c3nnc(COc4cccc(C(F)(F)F)c4)n3C)cc2)C1. The van der Waals surface area contributed by atoms with Crippen LogP contribution in [0.4, 0.5) is 23.2 Å². The number of benzene rings is 2. The molecule has 2 N–H and O–H groups in total. The molecule has 0 bridgehead atoms. The minimum atomic E-state index is -4.45.